The van der Waals surface area contributed by atoms with Crippen molar-refractivity contribution in [1.82, 2.24) is 15.2 Å². The summed E-state index contributed by atoms with van der Waals surface area (Å²) in [6.45, 7) is 10.4. The number of hydrogen-bond donors (Lipinski definition) is 2. The highest BCUT2D eigenvalue weighted by atomic mass is 16.2. The Morgan fingerprint density at radius 3 is 2.75 bits per heavy atom. The number of nitrogens with one attached hydrogen (secondary N) is 2. The molecule has 0 aliphatic carbocycles. The number of carbonyl (C=O) groups excluding carboxylic acids is 1. The van der Waals surface area contributed by atoms with Crippen LogP contribution in [0.15, 0.2) is 18.2 Å². The molecule has 2 rings (SSSR count). The van der Waals surface area contributed by atoms with Crippen molar-refractivity contribution in [1.29, 1.82) is 0 Å². The van der Waals surface area contributed by atoms with E-state index in [9.17, 15) is 4.79 Å². The van der Waals surface area contributed by atoms with Crippen molar-refractivity contribution < 1.29 is 4.79 Å². The Morgan fingerprint density at radius 1 is 1.40 bits per heavy atom. The van der Waals surface area contributed by atoms with Crippen molar-refractivity contribution in [3.05, 3.63) is 23.9 Å². The molecule has 1 aliphatic rings. The number of aromatic nitrogens is 1. The summed E-state index contributed by atoms with van der Waals surface area (Å²) in [5, 5.41) is 5.84. The van der Waals surface area contributed by atoms with Crippen LogP contribution >= 0.6 is 0 Å². The molecule has 1 aromatic rings. The molecule has 0 radical (unpaired) electrons. The van der Waals surface area contributed by atoms with E-state index in [0.29, 0.717) is 17.8 Å². The second-order valence-corrected chi connectivity index (χ2v) is 5.89. The lowest BCUT2D eigenvalue weighted by molar-refractivity contribution is 0.243. The predicted octanol–water partition coefficient (Wildman–Crippen LogP) is 2.24. The van der Waals surface area contributed by atoms with Crippen molar-refractivity contribution in [2.24, 2.45) is 5.92 Å². The zero-order valence-electron chi connectivity index (χ0n) is 12.7. The predicted molar refractivity (Wildman–Crippen MR) is 80.8 cm³/mol. The Morgan fingerprint density at radius 2 is 2.15 bits per heavy atom. The first-order valence-corrected chi connectivity index (χ1v) is 7.21. The van der Waals surface area contributed by atoms with Crippen molar-refractivity contribution in [3.63, 3.8) is 0 Å². The summed E-state index contributed by atoms with van der Waals surface area (Å²) in [5.74, 6) is 1.06. The summed E-state index contributed by atoms with van der Waals surface area (Å²) < 4.78 is 0. The van der Waals surface area contributed by atoms with Crippen molar-refractivity contribution in [2.75, 3.05) is 18.4 Å². The minimum Gasteiger partial charge on any atom is -0.333 e. The van der Waals surface area contributed by atoms with E-state index in [-0.39, 0.29) is 12.1 Å². The number of aryl methyl sites for hydroxylation is 1. The van der Waals surface area contributed by atoms with Crippen LogP contribution in [-0.2, 0) is 0 Å². The van der Waals surface area contributed by atoms with Crippen LogP contribution in [0, 0.1) is 12.8 Å². The summed E-state index contributed by atoms with van der Waals surface area (Å²) in [7, 11) is 0. The third-order valence-electron chi connectivity index (χ3n) is 3.82. The van der Waals surface area contributed by atoms with Crippen LogP contribution in [0.4, 0.5) is 10.6 Å². The molecule has 0 bridgehead atoms. The molecule has 2 N–H and O–H groups in total. The number of urea groups is 1. The maximum absolute atomic E-state index is 12.0. The molecule has 2 atom stereocenters. The number of rotatable bonds is 3. The molecule has 20 heavy (non-hydrogen) atoms. The highest BCUT2D eigenvalue weighted by Crippen LogP contribution is 2.18. The highest BCUT2D eigenvalue weighted by molar-refractivity contribution is 5.88. The quantitative estimate of drug-likeness (QED) is 0.890. The van der Waals surface area contributed by atoms with E-state index >= 15 is 0 Å². The smallest absolute Gasteiger partial charge is 0.320 e. The van der Waals surface area contributed by atoms with Crippen molar-refractivity contribution in [3.8, 4) is 0 Å². The van der Waals surface area contributed by atoms with Crippen molar-refractivity contribution >= 4 is 11.8 Å². The van der Waals surface area contributed by atoms with Gasteiger partial charge in [-0.3, -0.25) is 10.2 Å². The second-order valence-electron chi connectivity index (χ2n) is 5.89. The largest absolute Gasteiger partial charge is 0.333 e. The van der Waals surface area contributed by atoms with Gasteiger partial charge < -0.3 is 5.32 Å². The topological polar surface area (TPSA) is 57.3 Å². The van der Waals surface area contributed by atoms with Crippen LogP contribution in [-0.4, -0.2) is 41.1 Å². The number of hydrogen-bond acceptors (Lipinski definition) is 3. The molecule has 1 aromatic heterocycles. The number of pyridine rings is 1. The summed E-state index contributed by atoms with van der Waals surface area (Å²) >= 11 is 0. The number of likely N-dealkylation sites (tertiary alicyclic amines) is 1. The zero-order chi connectivity index (χ0) is 14.7. The van der Waals surface area contributed by atoms with Gasteiger partial charge in [0.25, 0.3) is 0 Å². The number of amides is 2. The summed E-state index contributed by atoms with van der Waals surface area (Å²) in [6, 6.07) is 6.13. The molecule has 1 aliphatic heterocycles. The lowest BCUT2D eigenvalue weighted by atomic mass is 10.1. The molecular weight excluding hydrogens is 252 g/mol. The number of nitrogens with zero attached hydrogens (tertiary/aromatic N) is 2. The maximum atomic E-state index is 12.0. The van der Waals surface area contributed by atoms with Crippen molar-refractivity contribution in [2.45, 2.75) is 39.8 Å². The Hall–Kier alpha value is -1.62. The Kier molecular flexibility index (Phi) is 4.60. The van der Waals surface area contributed by atoms with Gasteiger partial charge in [-0.2, -0.15) is 0 Å². The SMILES string of the molecule is Cc1cccc(NC(=O)N[C@H]2CN(C(C)C)C[C@@H]2C)n1. The van der Waals surface area contributed by atoms with Crippen LogP contribution in [0.3, 0.4) is 0 Å². The van der Waals surface area contributed by atoms with E-state index in [1.54, 1.807) is 6.07 Å². The van der Waals surface area contributed by atoms with Gasteiger partial charge in [0, 0.05) is 30.9 Å². The molecule has 0 unspecified atom stereocenters. The normalized spacial score (nSPS) is 23.1. The Labute approximate surface area is 120 Å². The van der Waals surface area contributed by atoms with Gasteiger partial charge in [0.1, 0.15) is 5.82 Å². The third kappa shape index (κ3) is 3.70. The maximum Gasteiger partial charge on any atom is 0.320 e. The minimum atomic E-state index is -0.175. The number of anilines is 1. The Balaban J connectivity index is 1.89. The first-order valence-electron chi connectivity index (χ1n) is 7.21. The van der Waals surface area contributed by atoms with E-state index in [0.717, 1.165) is 18.8 Å². The van der Waals surface area contributed by atoms with Gasteiger partial charge in [0.15, 0.2) is 0 Å². The third-order valence-corrected chi connectivity index (χ3v) is 3.82. The minimum absolute atomic E-state index is 0.175. The van der Waals surface area contributed by atoms with Gasteiger partial charge in [0.2, 0.25) is 0 Å². The van der Waals surface area contributed by atoms with Gasteiger partial charge in [0.05, 0.1) is 0 Å². The fourth-order valence-electron chi connectivity index (χ4n) is 2.55. The molecule has 1 fully saturated rings. The molecule has 0 spiro atoms. The molecule has 1 saturated heterocycles. The fourth-order valence-corrected chi connectivity index (χ4v) is 2.55. The van der Waals surface area contributed by atoms with E-state index in [1.807, 2.05) is 19.1 Å². The molecule has 2 heterocycles. The molecule has 2 amide bonds. The lowest BCUT2D eigenvalue weighted by Gasteiger charge is -2.20. The molecule has 110 valence electrons. The van der Waals surface area contributed by atoms with Gasteiger partial charge in [-0.15, -0.1) is 0 Å². The molecule has 0 saturated carbocycles. The first kappa shape index (κ1) is 14.8. The van der Waals surface area contributed by atoms with Gasteiger partial charge >= 0.3 is 6.03 Å². The first-order chi connectivity index (χ1) is 9.45. The van der Waals surface area contributed by atoms with E-state index in [4.69, 9.17) is 0 Å². The van der Waals surface area contributed by atoms with Gasteiger partial charge in [-0.05, 0) is 38.8 Å². The van der Waals surface area contributed by atoms with E-state index < -0.39 is 0 Å². The zero-order valence-corrected chi connectivity index (χ0v) is 12.7. The second kappa shape index (κ2) is 6.22. The van der Waals surface area contributed by atoms with Crippen LogP contribution in [0.25, 0.3) is 0 Å². The summed E-state index contributed by atoms with van der Waals surface area (Å²) in [6.07, 6.45) is 0. The standard InChI is InChI=1S/C15H24N4O/c1-10(2)19-8-11(3)13(9-19)17-15(20)18-14-7-5-6-12(4)16-14/h5-7,10-11,13H,8-9H2,1-4H3,(H2,16,17,18,20)/t11-,13-/m0/s1. The monoisotopic (exact) mass is 276 g/mol. The fraction of sp³-hybridized carbons (Fsp3) is 0.600. The van der Waals surface area contributed by atoms with Crippen LogP contribution in [0.5, 0.6) is 0 Å². The van der Waals surface area contributed by atoms with Gasteiger partial charge in [-0.1, -0.05) is 13.0 Å². The van der Waals surface area contributed by atoms with Gasteiger partial charge in [-0.25, -0.2) is 9.78 Å². The van der Waals surface area contributed by atoms with E-state index in [1.165, 1.54) is 0 Å². The Bertz CT molecular complexity index is 475. The van der Waals surface area contributed by atoms with Crippen LogP contribution in [0.1, 0.15) is 26.5 Å². The molecule has 5 nitrogen and oxygen atoms in total. The lowest BCUT2D eigenvalue weighted by Crippen LogP contribution is -2.42. The summed E-state index contributed by atoms with van der Waals surface area (Å²) in [5.41, 5.74) is 0.892. The average molecular weight is 276 g/mol. The summed E-state index contributed by atoms with van der Waals surface area (Å²) in [4.78, 5) is 18.7. The van der Waals surface area contributed by atoms with Crippen LogP contribution < -0.4 is 10.6 Å². The van der Waals surface area contributed by atoms with Crippen LogP contribution in [0.2, 0.25) is 0 Å². The average Bonchev–Trinajstić information content (AvgIpc) is 2.71. The van der Waals surface area contributed by atoms with E-state index in [2.05, 4.69) is 41.3 Å². The molecular formula is C15H24N4O. The number of carbonyl (C=O) groups is 1. The molecule has 5 heteroatoms. The molecule has 0 aromatic carbocycles. The highest BCUT2D eigenvalue weighted by Gasteiger charge is 2.31.